The van der Waals surface area contributed by atoms with Gasteiger partial charge in [0.05, 0.1) is 5.69 Å². The van der Waals surface area contributed by atoms with Crippen LogP contribution in [0.1, 0.15) is 31.2 Å². The van der Waals surface area contributed by atoms with E-state index >= 15 is 0 Å². The molecule has 0 aromatic carbocycles. The Kier molecular flexibility index (Phi) is 2.87. The minimum atomic E-state index is 1.06. The number of allylic oxidation sites excluding steroid dienone is 2. The zero-order valence-electron chi connectivity index (χ0n) is 9.33. The molecule has 0 radical (unpaired) electrons. The molecule has 1 aliphatic heterocycles. The molecule has 0 fully saturated rings. The normalized spacial score (nSPS) is 19.6. The van der Waals surface area contributed by atoms with Crippen molar-refractivity contribution in [1.29, 1.82) is 0 Å². The van der Waals surface area contributed by atoms with Gasteiger partial charge < -0.3 is 5.32 Å². The van der Waals surface area contributed by atoms with Gasteiger partial charge in [0.1, 0.15) is 5.03 Å². The highest BCUT2D eigenvalue weighted by Gasteiger charge is 2.13. The van der Waals surface area contributed by atoms with E-state index < -0.39 is 0 Å². The molecule has 2 nitrogen and oxygen atoms in total. The van der Waals surface area contributed by atoms with Gasteiger partial charge in [-0.3, -0.25) is 0 Å². The molecule has 0 atom stereocenters. The number of fused-ring (bicyclic) bond motifs is 1. The molecule has 0 spiro atoms. The maximum absolute atomic E-state index is 4.55. The van der Waals surface area contributed by atoms with E-state index in [-0.39, 0.29) is 0 Å². The monoisotopic (exact) mass is 232 g/mol. The smallest absolute Gasteiger partial charge is 0.119 e. The van der Waals surface area contributed by atoms with E-state index in [2.05, 4.69) is 22.4 Å². The summed E-state index contributed by atoms with van der Waals surface area (Å²) in [5.41, 5.74) is 4.02. The Bertz CT molecular complexity index is 426. The van der Waals surface area contributed by atoms with E-state index in [1.165, 1.54) is 42.5 Å². The van der Waals surface area contributed by atoms with Crippen LogP contribution in [0.2, 0.25) is 0 Å². The first-order chi connectivity index (χ1) is 7.93. The number of aromatic nitrogens is 1. The number of pyridine rings is 1. The summed E-state index contributed by atoms with van der Waals surface area (Å²) in [5, 5.41) is 4.59. The minimum absolute atomic E-state index is 1.06. The van der Waals surface area contributed by atoms with E-state index in [0.29, 0.717) is 0 Å². The molecule has 3 rings (SSSR count). The van der Waals surface area contributed by atoms with E-state index in [1.807, 2.05) is 18.0 Å². The molecule has 2 heterocycles. The topological polar surface area (TPSA) is 24.9 Å². The summed E-state index contributed by atoms with van der Waals surface area (Å²) >= 11 is 1.85. The molecule has 84 valence electrons. The van der Waals surface area contributed by atoms with Crippen LogP contribution in [-0.2, 0) is 0 Å². The van der Waals surface area contributed by atoms with Crippen molar-refractivity contribution in [2.75, 3.05) is 17.6 Å². The van der Waals surface area contributed by atoms with Gasteiger partial charge >= 0.3 is 0 Å². The van der Waals surface area contributed by atoms with E-state index in [0.717, 1.165) is 17.3 Å². The zero-order chi connectivity index (χ0) is 10.8. The van der Waals surface area contributed by atoms with Crippen molar-refractivity contribution in [2.45, 2.75) is 30.7 Å². The van der Waals surface area contributed by atoms with E-state index in [4.69, 9.17) is 0 Å². The highest BCUT2D eigenvalue weighted by atomic mass is 32.2. The Morgan fingerprint density at radius 1 is 1.31 bits per heavy atom. The average molecular weight is 232 g/mol. The molecule has 1 aromatic rings. The molecule has 3 heteroatoms. The number of nitrogens with one attached hydrogen (secondary N) is 1. The van der Waals surface area contributed by atoms with Crippen molar-refractivity contribution < 1.29 is 0 Å². The molecule has 0 amide bonds. The fourth-order valence-corrected chi connectivity index (χ4v) is 3.11. The van der Waals surface area contributed by atoms with Crippen LogP contribution in [0, 0.1) is 0 Å². The summed E-state index contributed by atoms with van der Waals surface area (Å²) in [6, 6.07) is 2.27. The summed E-state index contributed by atoms with van der Waals surface area (Å²) in [6.07, 6.45) is 9.53. The standard InChI is InChI=1S/C13H16N2S/c1-2-4-10(5-3-1)11-8-12-13(15-9-11)16-7-6-14-12/h4,8-9,14H,1-3,5-7H2. The third-order valence-electron chi connectivity index (χ3n) is 3.17. The van der Waals surface area contributed by atoms with Gasteiger partial charge in [-0.1, -0.05) is 6.08 Å². The maximum Gasteiger partial charge on any atom is 0.119 e. The maximum atomic E-state index is 4.55. The van der Waals surface area contributed by atoms with Gasteiger partial charge in [0, 0.05) is 18.5 Å². The largest absolute Gasteiger partial charge is 0.382 e. The van der Waals surface area contributed by atoms with Crippen LogP contribution in [0.4, 0.5) is 5.69 Å². The fourth-order valence-electron chi connectivity index (χ4n) is 2.30. The third-order valence-corrected chi connectivity index (χ3v) is 4.18. The van der Waals surface area contributed by atoms with Crippen LogP contribution in [0.15, 0.2) is 23.4 Å². The first kappa shape index (κ1) is 10.2. The van der Waals surface area contributed by atoms with Crippen molar-refractivity contribution in [3.63, 3.8) is 0 Å². The van der Waals surface area contributed by atoms with Gasteiger partial charge in [-0.05, 0) is 42.9 Å². The highest BCUT2D eigenvalue weighted by Crippen LogP contribution is 2.33. The molecular weight excluding hydrogens is 216 g/mol. The number of nitrogens with zero attached hydrogens (tertiary/aromatic N) is 1. The van der Waals surface area contributed by atoms with Crippen molar-refractivity contribution in [2.24, 2.45) is 0 Å². The van der Waals surface area contributed by atoms with Crippen LogP contribution in [0.3, 0.4) is 0 Å². The lowest BCUT2D eigenvalue weighted by atomic mass is 9.94. The number of hydrogen-bond acceptors (Lipinski definition) is 3. The third kappa shape index (κ3) is 1.96. The van der Waals surface area contributed by atoms with Crippen molar-refractivity contribution in [1.82, 2.24) is 4.98 Å². The van der Waals surface area contributed by atoms with Crippen LogP contribution < -0.4 is 5.32 Å². The number of rotatable bonds is 1. The lowest BCUT2D eigenvalue weighted by molar-refractivity contribution is 0.741. The molecule has 0 bridgehead atoms. The minimum Gasteiger partial charge on any atom is -0.382 e. The van der Waals surface area contributed by atoms with Gasteiger partial charge in [-0.2, -0.15) is 0 Å². The van der Waals surface area contributed by atoms with Crippen LogP contribution in [0.25, 0.3) is 5.57 Å². The lowest BCUT2D eigenvalue weighted by Gasteiger charge is -2.19. The van der Waals surface area contributed by atoms with Crippen LogP contribution in [-0.4, -0.2) is 17.3 Å². The predicted octanol–water partition coefficient (Wildman–Crippen LogP) is 3.56. The van der Waals surface area contributed by atoms with Gasteiger partial charge in [-0.25, -0.2) is 4.98 Å². The Labute approximate surface area is 101 Å². The summed E-state index contributed by atoms with van der Waals surface area (Å²) < 4.78 is 0. The van der Waals surface area contributed by atoms with Crippen LogP contribution >= 0.6 is 11.8 Å². The SMILES string of the molecule is C1=C(c2cnc3c(c2)NCCS3)CCCC1. The van der Waals surface area contributed by atoms with Crippen molar-refractivity contribution in [3.05, 3.63) is 23.9 Å². The first-order valence-corrected chi connectivity index (χ1v) is 6.98. The quantitative estimate of drug-likeness (QED) is 0.801. The second-order valence-corrected chi connectivity index (χ2v) is 5.41. The molecule has 16 heavy (non-hydrogen) atoms. The summed E-state index contributed by atoms with van der Waals surface area (Å²) in [7, 11) is 0. The summed E-state index contributed by atoms with van der Waals surface area (Å²) in [5.74, 6) is 1.13. The highest BCUT2D eigenvalue weighted by molar-refractivity contribution is 7.99. The predicted molar refractivity (Wildman–Crippen MR) is 69.9 cm³/mol. The van der Waals surface area contributed by atoms with Gasteiger partial charge in [0.2, 0.25) is 0 Å². The van der Waals surface area contributed by atoms with E-state index in [9.17, 15) is 0 Å². The second kappa shape index (κ2) is 4.50. The van der Waals surface area contributed by atoms with Crippen LogP contribution in [0.5, 0.6) is 0 Å². The van der Waals surface area contributed by atoms with Gasteiger partial charge in [0.25, 0.3) is 0 Å². The molecular formula is C13H16N2S. The lowest BCUT2D eigenvalue weighted by Crippen LogP contribution is -2.11. The summed E-state index contributed by atoms with van der Waals surface area (Å²) in [4.78, 5) is 4.55. The van der Waals surface area contributed by atoms with Crippen molar-refractivity contribution >= 4 is 23.0 Å². The van der Waals surface area contributed by atoms with Gasteiger partial charge in [-0.15, -0.1) is 11.8 Å². The average Bonchev–Trinajstić information content (AvgIpc) is 2.39. The Morgan fingerprint density at radius 2 is 2.31 bits per heavy atom. The Hall–Kier alpha value is -0.960. The molecule has 1 N–H and O–H groups in total. The Morgan fingerprint density at radius 3 is 3.19 bits per heavy atom. The zero-order valence-corrected chi connectivity index (χ0v) is 10.1. The fraction of sp³-hybridized carbons (Fsp3) is 0.462. The number of anilines is 1. The molecule has 0 saturated carbocycles. The molecule has 0 saturated heterocycles. The molecule has 1 aliphatic carbocycles. The van der Waals surface area contributed by atoms with E-state index in [1.54, 1.807) is 0 Å². The number of thioether (sulfide) groups is 1. The summed E-state index contributed by atoms with van der Waals surface area (Å²) in [6.45, 7) is 1.06. The second-order valence-electron chi connectivity index (χ2n) is 4.33. The number of hydrogen-bond donors (Lipinski definition) is 1. The van der Waals surface area contributed by atoms with Gasteiger partial charge in [0.15, 0.2) is 0 Å². The molecule has 0 unspecified atom stereocenters. The molecule has 2 aliphatic rings. The molecule has 1 aromatic heterocycles. The van der Waals surface area contributed by atoms with Crippen molar-refractivity contribution in [3.8, 4) is 0 Å². The first-order valence-electron chi connectivity index (χ1n) is 5.99. The Balaban J connectivity index is 1.93.